The van der Waals surface area contributed by atoms with E-state index in [0.29, 0.717) is 11.4 Å². The van der Waals surface area contributed by atoms with E-state index in [4.69, 9.17) is 0 Å². The molecule has 7 nitrogen and oxygen atoms in total. The van der Waals surface area contributed by atoms with Crippen LogP contribution in [0.25, 0.3) is 10.6 Å². The number of piperidine rings is 1. The summed E-state index contributed by atoms with van der Waals surface area (Å²) in [5, 5.41) is 9.27. The molecule has 1 amide bonds. The van der Waals surface area contributed by atoms with Gasteiger partial charge in [0, 0.05) is 20.1 Å². The molecule has 0 aromatic carbocycles. The molecule has 0 radical (unpaired) electrons. The number of nitrogens with one attached hydrogen (secondary N) is 1. The summed E-state index contributed by atoms with van der Waals surface area (Å²) >= 11 is 1.60. The van der Waals surface area contributed by atoms with Gasteiger partial charge in [0.1, 0.15) is 11.4 Å². The number of hydrogen-bond donors (Lipinski definition) is 1. The molecule has 0 aliphatic carbocycles. The van der Waals surface area contributed by atoms with Gasteiger partial charge in [0.15, 0.2) is 0 Å². The van der Waals surface area contributed by atoms with Gasteiger partial charge in [-0.2, -0.15) is 5.10 Å². The number of nitrogens with zero attached hydrogens (tertiary/aromatic N) is 5. The summed E-state index contributed by atoms with van der Waals surface area (Å²) in [6.07, 6.45) is 5.65. The molecule has 0 atom stereocenters. The van der Waals surface area contributed by atoms with Crippen molar-refractivity contribution in [1.29, 1.82) is 0 Å². The van der Waals surface area contributed by atoms with Gasteiger partial charge in [-0.1, -0.05) is 13.0 Å². The normalized spacial score (nSPS) is 15.1. The molecule has 3 aromatic rings. The minimum absolute atomic E-state index is 0.226. The zero-order valence-corrected chi connectivity index (χ0v) is 16.2. The summed E-state index contributed by atoms with van der Waals surface area (Å²) < 4.78 is 1.59. The highest BCUT2D eigenvalue weighted by atomic mass is 32.1. The van der Waals surface area contributed by atoms with Gasteiger partial charge in [-0.15, -0.1) is 11.3 Å². The summed E-state index contributed by atoms with van der Waals surface area (Å²) in [5.74, 6) is 1.26. The number of hydrogen-bond acceptors (Lipinski definition) is 6. The molecule has 27 heavy (non-hydrogen) atoms. The Morgan fingerprint density at radius 3 is 2.67 bits per heavy atom. The highest BCUT2D eigenvalue weighted by molar-refractivity contribution is 7.13. The van der Waals surface area contributed by atoms with Crippen molar-refractivity contribution in [2.75, 3.05) is 23.3 Å². The maximum Gasteiger partial charge on any atom is 0.274 e. The molecule has 0 bridgehead atoms. The lowest BCUT2D eigenvalue weighted by atomic mass is 10.00. The maximum absolute atomic E-state index is 12.6. The SMILES string of the molecule is CC1CCN(c2ncc(NC(=O)c3cc(-c4cccs4)nn3C)cn2)CC1. The molecule has 4 heterocycles. The van der Waals surface area contributed by atoms with Crippen LogP contribution in [0.2, 0.25) is 0 Å². The summed E-state index contributed by atoms with van der Waals surface area (Å²) in [6, 6.07) is 5.75. The lowest BCUT2D eigenvalue weighted by molar-refractivity contribution is 0.101. The van der Waals surface area contributed by atoms with Gasteiger partial charge in [-0.25, -0.2) is 9.97 Å². The van der Waals surface area contributed by atoms with Gasteiger partial charge < -0.3 is 10.2 Å². The molecule has 0 spiro atoms. The van der Waals surface area contributed by atoms with Crippen LogP contribution >= 0.6 is 11.3 Å². The third kappa shape index (κ3) is 3.85. The van der Waals surface area contributed by atoms with Crippen LogP contribution < -0.4 is 10.2 Å². The molecule has 1 fully saturated rings. The van der Waals surface area contributed by atoms with E-state index in [1.54, 1.807) is 41.5 Å². The first-order valence-corrected chi connectivity index (χ1v) is 9.94. The van der Waals surface area contributed by atoms with E-state index >= 15 is 0 Å². The topological polar surface area (TPSA) is 75.9 Å². The Bertz CT molecular complexity index is 910. The average Bonchev–Trinajstić information content (AvgIpc) is 3.33. The van der Waals surface area contributed by atoms with Gasteiger partial charge in [0.05, 0.1) is 23.0 Å². The van der Waals surface area contributed by atoms with Gasteiger partial charge in [-0.3, -0.25) is 9.48 Å². The van der Waals surface area contributed by atoms with Crippen LogP contribution in [0.5, 0.6) is 0 Å². The number of aromatic nitrogens is 4. The van der Waals surface area contributed by atoms with Crippen molar-refractivity contribution >= 4 is 28.9 Å². The monoisotopic (exact) mass is 382 g/mol. The Kier molecular flexibility index (Phi) is 4.89. The third-order valence-corrected chi connectivity index (χ3v) is 5.74. The first-order chi connectivity index (χ1) is 13.1. The van der Waals surface area contributed by atoms with Crippen LogP contribution in [0, 0.1) is 5.92 Å². The van der Waals surface area contributed by atoms with Crippen molar-refractivity contribution in [3.05, 3.63) is 41.7 Å². The average molecular weight is 382 g/mol. The number of aryl methyl sites for hydroxylation is 1. The Labute approximate surface area is 162 Å². The minimum atomic E-state index is -0.226. The summed E-state index contributed by atoms with van der Waals surface area (Å²) in [6.45, 7) is 4.24. The molecule has 0 saturated carbocycles. The predicted octanol–water partition coefficient (Wildman–Crippen LogP) is 3.43. The van der Waals surface area contributed by atoms with Gasteiger partial charge in [-0.05, 0) is 36.3 Å². The summed E-state index contributed by atoms with van der Waals surface area (Å²) in [4.78, 5) is 24.7. The fourth-order valence-corrected chi connectivity index (χ4v) is 3.86. The smallest absolute Gasteiger partial charge is 0.274 e. The van der Waals surface area contributed by atoms with E-state index in [1.165, 1.54) is 0 Å². The van der Waals surface area contributed by atoms with Crippen LogP contribution in [0.4, 0.5) is 11.6 Å². The van der Waals surface area contributed by atoms with Crippen molar-refractivity contribution < 1.29 is 4.79 Å². The molecule has 4 rings (SSSR count). The van der Waals surface area contributed by atoms with Crippen molar-refractivity contribution in [1.82, 2.24) is 19.7 Å². The van der Waals surface area contributed by atoms with E-state index in [1.807, 2.05) is 17.5 Å². The number of amides is 1. The largest absolute Gasteiger partial charge is 0.341 e. The first kappa shape index (κ1) is 17.7. The standard InChI is InChI=1S/C19H22N6OS/c1-13-5-7-25(8-6-13)19-20-11-14(12-21-19)22-18(26)16-10-15(23-24(16)2)17-4-3-9-27-17/h3-4,9-13H,5-8H2,1-2H3,(H,22,26). The second-order valence-electron chi connectivity index (χ2n) is 6.91. The first-order valence-electron chi connectivity index (χ1n) is 9.06. The quantitative estimate of drug-likeness (QED) is 0.748. The predicted molar refractivity (Wildman–Crippen MR) is 107 cm³/mol. The molecule has 1 aliphatic heterocycles. The van der Waals surface area contributed by atoms with E-state index in [9.17, 15) is 4.79 Å². The number of carbonyl (C=O) groups is 1. The Hall–Kier alpha value is -2.74. The van der Waals surface area contributed by atoms with Gasteiger partial charge in [0.2, 0.25) is 5.95 Å². The highest BCUT2D eigenvalue weighted by Crippen LogP contribution is 2.24. The molecular formula is C19H22N6OS. The zero-order valence-electron chi connectivity index (χ0n) is 15.4. The molecule has 3 aromatic heterocycles. The lowest BCUT2D eigenvalue weighted by Gasteiger charge is -2.30. The van der Waals surface area contributed by atoms with Crippen LogP contribution in [0.15, 0.2) is 36.0 Å². The van der Waals surface area contributed by atoms with Crippen LogP contribution in [-0.4, -0.2) is 38.7 Å². The summed E-state index contributed by atoms with van der Waals surface area (Å²) in [7, 11) is 1.77. The second kappa shape index (κ2) is 7.48. The number of carbonyl (C=O) groups excluding carboxylic acids is 1. The fourth-order valence-electron chi connectivity index (χ4n) is 3.18. The summed E-state index contributed by atoms with van der Waals surface area (Å²) in [5.41, 5.74) is 1.86. The molecule has 8 heteroatoms. The van der Waals surface area contributed by atoms with Crippen LogP contribution in [0.3, 0.4) is 0 Å². The van der Waals surface area contributed by atoms with E-state index < -0.39 is 0 Å². The Morgan fingerprint density at radius 1 is 1.26 bits per heavy atom. The second-order valence-corrected chi connectivity index (χ2v) is 7.86. The molecular weight excluding hydrogens is 360 g/mol. The van der Waals surface area contributed by atoms with Crippen LogP contribution in [0.1, 0.15) is 30.3 Å². The molecule has 1 aliphatic rings. The molecule has 1 N–H and O–H groups in total. The fraction of sp³-hybridized carbons (Fsp3) is 0.368. The highest BCUT2D eigenvalue weighted by Gasteiger charge is 2.19. The Balaban J connectivity index is 1.44. The van der Waals surface area contributed by atoms with Gasteiger partial charge in [0.25, 0.3) is 5.91 Å². The molecule has 0 unspecified atom stereocenters. The minimum Gasteiger partial charge on any atom is -0.341 e. The third-order valence-electron chi connectivity index (χ3n) is 4.85. The van der Waals surface area contributed by atoms with Crippen molar-refractivity contribution in [2.24, 2.45) is 13.0 Å². The van der Waals surface area contributed by atoms with E-state index in [2.05, 4.69) is 32.2 Å². The van der Waals surface area contributed by atoms with Crippen molar-refractivity contribution in [3.8, 4) is 10.6 Å². The molecule has 1 saturated heterocycles. The lowest BCUT2D eigenvalue weighted by Crippen LogP contribution is -2.34. The van der Waals surface area contributed by atoms with Gasteiger partial charge >= 0.3 is 0 Å². The molecule has 140 valence electrons. The van der Waals surface area contributed by atoms with E-state index in [-0.39, 0.29) is 5.91 Å². The maximum atomic E-state index is 12.6. The Morgan fingerprint density at radius 2 is 2.00 bits per heavy atom. The zero-order chi connectivity index (χ0) is 18.8. The van der Waals surface area contributed by atoms with Crippen molar-refractivity contribution in [3.63, 3.8) is 0 Å². The van der Waals surface area contributed by atoms with Crippen LogP contribution in [-0.2, 0) is 7.05 Å². The number of anilines is 2. The van der Waals surface area contributed by atoms with Crippen molar-refractivity contribution in [2.45, 2.75) is 19.8 Å². The number of rotatable bonds is 4. The van der Waals surface area contributed by atoms with E-state index in [0.717, 1.165) is 48.4 Å². The number of thiophene rings is 1.